The van der Waals surface area contributed by atoms with Crippen molar-refractivity contribution in [2.24, 2.45) is 0 Å². The molecule has 1 aliphatic rings. The van der Waals surface area contributed by atoms with Crippen LogP contribution in [0.5, 0.6) is 0 Å². The third-order valence-electron chi connectivity index (χ3n) is 5.83. The van der Waals surface area contributed by atoms with Crippen LogP contribution in [0.15, 0.2) is 30.3 Å². The lowest BCUT2D eigenvalue weighted by molar-refractivity contribution is 0.0980. The minimum Gasteiger partial charge on any atom is -0.379 e. The molecule has 1 atom stereocenters. The highest BCUT2D eigenvalue weighted by molar-refractivity contribution is 6.11. The van der Waals surface area contributed by atoms with Gasteiger partial charge in [0.25, 0.3) is 5.91 Å². The van der Waals surface area contributed by atoms with Crippen LogP contribution in [-0.2, 0) is 0 Å². The average Bonchev–Trinajstić information content (AvgIpc) is 2.97. The molecule has 4 nitrogen and oxygen atoms in total. The molecule has 2 N–H and O–H groups in total. The van der Waals surface area contributed by atoms with E-state index in [0.717, 1.165) is 34.3 Å². The lowest BCUT2D eigenvalue weighted by Crippen LogP contribution is -2.45. The van der Waals surface area contributed by atoms with E-state index in [1.54, 1.807) is 0 Å². The Balaban J connectivity index is 1.82. The number of nitrogens with one attached hydrogen (secondary N) is 2. The van der Waals surface area contributed by atoms with E-state index in [-0.39, 0.29) is 11.9 Å². The number of aromatic amines is 1. The number of nitrogens with zero attached hydrogens (tertiary/aromatic N) is 1. The summed E-state index contributed by atoms with van der Waals surface area (Å²) < 4.78 is 0. The molecule has 0 fully saturated rings. The van der Waals surface area contributed by atoms with Gasteiger partial charge in [-0.25, -0.2) is 0 Å². The lowest BCUT2D eigenvalue weighted by Gasteiger charge is -2.36. The van der Waals surface area contributed by atoms with Crippen molar-refractivity contribution in [3.63, 3.8) is 0 Å². The zero-order chi connectivity index (χ0) is 19.3. The standard InChI is InChI=1S/C23H27N3O/c1-6-17-12-26(21-11-15(4)14(3)10-20(21)24-17)23(27)22-16(5)18-9-13(2)7-8-19(18)25-22/h7-11,17,24-25H,6,12H2,1-5H3. The fourth-order valence-corrected chi connectivity index (χ4v) is 3.94. The van der Waals surface area contributed by atoms with Crippen molar-refractivity contribution in [1.82, 2.24) is 4.98 Å². The Kier molecular flexibility index (Phi) is 4.22. The number of benzene rings is 2. The first-order valence-corrected chi connectivity index (χ1v) is 9.67. The van der Waals surface area contributed by atoms with Gasteiger partial charge in [-0.15, -0.1) is 0 Å². The van der Waals surface area contributed by atoms with Crippen molar-refractivity contribution in [2.45, 2.75) is 47.1 Å². The summed E-state index contributed by atoms with van der Waals surface area (Å²) in [5, 5.41) is 4.72. The Bertz CT molecular complexity index is 1050. The van der Waals surface area contributed by atoms with Crippen LogP contribution in [0.25, 0.3) is 10.9 Å². The molecule has 1 aromatic heterocycles. The molecule has 3 aromatic rings. The number of rotatable bonds is 2. The number of hydrogen-bond donors (Lipinski definition) is 2. The second-order valence-electron chi connectivity index (χ2n) is 7.79. The molecule has 0 bridgehead atoms. The second-order valence-corrected chi connectivity index (χ2v) is 7.79. The van der Waals surface area contributed by atoms with Gasteiger partial charge >= 0.3 is 0 Å². The molecule has 27 heavy (non-hydrogen) atoms. The summed E-state index contributed by atoms with van der Waals surface area (Å²) in [5.41, 5.74) is 8.40. The Morgan fingerprint density at radius 3 is 2.59 bits per heavy atom. The predicted molar refractivity (Wildman–Crippen MR) is 113 cm³/mol. The first kappa shape index (κ1) is 17.7. The summed E-state index contributed by atoms with van der Waals surface area (Å²) in [6.45, 7) is 11.2. The Labute approximate surface area is 160 Å². The van der Waals surface area contributed by atoms with E-state index in [1.165, 1.54) is 16.7 Å². The zero-order valence-electron chi connectivity index (χ0n) is 16.7. The third kappa shape index (κ3) is 2.89. The summed E-state index contributed by atoms with van der Waals surface area (Å²) in [6.07, 6.45) is 0.973. The van der Waals surface area contributed by atoms with Crippen molar-refractivity contribution in [3.8, 4) is 0 Å². The number of carbonyl (C=O) groups is 1. The van der Waals surface area contributed by atoms with Crippen molar-refractivity contribution in [1.29, 1.82) is 0 Å². The minimum absolute atomic E-state index is 0.0470. The van der Waals surface area contributed by atoms with Crippen molar-refractivity contribution >= 4 is 28.2 Å². The molecule has 2 aromatic carbocycles. The van der Waals surface area contributed by atoms with Crippen LogP contribution in [0.3, 0.4) is 0 Å². The highest BCUT2D eigenvalue weighted by atomic mass is 16.2. The van der Waals surface area contributed by atoms with Crippen LogP contribution in [0.4, 0.5) is 11.4 Å². The number of fused-ring (bicyclic) bond motifs is 2. The Morgan fingerprint density at radius 1 is 1.11 bits per heavy atom. The number of anilines is 2. The molecule has 140 valence electrons. The molecule has 0 radical (unpaired) electrons. The SMILES string of the molecule is CCC1CN(C(=O)c2[nH]c3ccc(C)cc3c2C)c2cc(C)c(C)cc2N1. The molecule has 0 spiro atoms. The highest BCUT2D eigenvalue weighted by Crippen LogP contribution is 2.36. The van der Waals surface area contributed by atoms with Gasteiger partial charge in [-0.3, -0.25) is 4.79 Å². The summed E-state index contributed by atoms with van der Waals surface area (Å²) in [7, 11) is 0. The number of H-pyrrole nitrogens is 1. The van der Waals surface area contributed by atoms with Crippen molar-refractivity contribution in [2.75, 3.05) is 16.8 Å². The molecule has 0 saturated carbocycles. The van der Waals surface area contributed by atoms with Gasteiger partial charge in [0.1, 0.15) is 5.69 Å². The molecule has 0 saturated heterocycles. The van der Waals surface area contributed by atoms with Crippen molar-refractivity contribution in [3.05, 3.63) is 58.3 Å². The van der Waals surface area contributed by atoms with E-state index in [1.807, 2.05) is 11.8 Å². The first-order valence-electron chi connectivity index (χ1n) is 9.67. The van der Waals surface area contributed by atoms with E-state index in [9.17, 15) is 4.79 Å². The van der Waals surface area contributed by atoms with Crippen LogP contribution in [0, 0.1) is 27.7 Å². The van der Waals surface area contributed by atoms with Gasteiger partial charge < -0.3 is 15.2 Å². The van der Waals surface area contributed by atoms with Crippen molar-refractivity contribution < 1.29 is 4.79 Å². The second kappa shape index (κ2) is 6.45. The van der Waals surface area contributed by atoms with Crippen LogP contribution in [-0.4, -0.2) is 23.5 Å². The van der Waals surface area contributed by atoms with Gasteiger partial charge in [0.05, 0.1) is 11.4 Å². The lowest BCUT2D eigenvalue weighted by atomic mass is 10.0. The van der Waals surface area contributed by atoms with Gasteiger partial charge in [0.15, 0.2) is 0 Å². The molecule has 4 rings (SSSR count). The highest BCUT2D eigenvalue weighted by Gasteiger charge is 2.30. The molecule has 4 heteroatoms. The fraction of sp³-hybridized carbons (Fsp3) is 0.348. The van der Waals surface area contributed by atoms with E-state index >= 15 is 0 Å². The molecule has 1 amide bonds. The maximum absolute atomic E-state index is 13.6. The summed E-state index contributed by atoms with van der Waals surface area (Å²) in [4.78, 5) is 18.9. The van der Waals surface area contributed by atoms with E-state index in [0.29, 0.717) is 12.2 Å². The average molecular weight is 361 g/mol. The number of amides is 1. The summed E-state index contributed by atoms with van der Waals surface area (Å²) in [6, 6.07) is 10.8. The molecular formula is C23H27N3O. The summed E-state index contributed by atoms with van der Waals surface area (Å²) >= 11 is 0. The molecule has 1 aliphatic heterocycles. The maximum Gasteiger partial charge on any atom is 0.275 e. The zero-order valence-corrected chi connectivity index (χ0v) is 16.7. The monoisotopic (exact) mass is 361 g/mol. The van der Waals surface area contributed by atoms with Gasteiger partial charge in [0, 0.05) is 23.5 Å². The Morgan fingerprint density at radius 2 is 1.85 bits per heavy atom. The third-order valence-corrected chi connectivity index (χ3v) is 5.83. The first-order chi connectivity index (χ1) is 12.9. The molecule has 0 aliphatic carbocycles. The topological polar surface area (TPSA) is 48.1 Å². The number of hydrogen-bond acceptors (Lipinski definition) is 2. The van der Waals surface area contributed by atoms with Gasteiger partial charge in [-0.1, -0.05) is 18.6 Å². The predicted octanol–water partition coefficient (Wildman–Crippen LogP) is 5.25. The van der Waals surface area contributed by atoms with Crippen LogP contribution in [0.2, 0.25) is 0 Å². The van der Waals surface area contributed by atoms with Crippen LogP contribution < -0.4 is 10.2 Å². The van der Waals surface area contributed by atoms with Gasteiger partial charge in [-0.05, 0) is 75.1 Å². The number of aryl methyl sites for hydroxylation is 4. The van der Waals surface area contributed by atoms with Gasteiger partial charge in [-0.2, -0.15) is 0 Å². The maximum atomic E-state index is 13.6. The van der Waals surface area contributed by atoms with E-state index in [4.69, 9.17) is 0 Å². The van der Waals surface area contributed by atoms with Crippen LogP contribution in [0.1, 0.15) is 46.1 Å². The van der Waals surface area contributed by atoms with E-state index in [2.05, 4.69) is 68.3 Å². The molecule has 1 unspecified atom stereocenters. The fourth-order valence-electron chi connectivity index (χ4n) is 3.94. The smallest absolute Gasteiger partial charge is 0.275 e. The Hall–Kier alpha value is -2.75. The summed E-state index contributed by atoms with van der Waals surface area (Å²) in [5.74, 6) is 0.0470. The largest absolute Gasteiger partial charge is 0.379 e. The normalized spacial score (nSPS) is 16.3. The molecule has 2 heterocycles. The minimum atomic E-state index is 0.0470. The van der Waals surface area contributed by atoms with E-state index < -0.39 is 0 Å². The van der Waals surface area contributed by atoms with Gasteiger partial charge in [0.2, 0.25) is 0 Å². The quantitative estimate of drug-likeness (QED) is 0.655. The van der Waals surface area contributed by atoms with Crippen LogP contribution >= 0.6 is 0 Å². The molecular weight excluding hydrogens is 334 g/mol. The number of carbonyl (C=O) groups excluding carboxylic acids is 1. The number of aromatic nitrogens is 1.